The molecule has 75 heavy (non-hydrogen) atoms. The van der Waals surface area contributed by atoms with Crippen LogP contribution in [0.15, 0.2) is 152 Å². The first kappa shape index (κ1) is 49.9. The van der Waals surface area contributed by atoms with Gasteiger partial charge in [-0.15, -0.1) is 0 Å². The Morgan fingerprint density at radius 2 is 0.680 bits per heavy atom. The number of fused-ring (bicyclic) bond motifs is 3. The van der Waals surface area contributed by atoms with Gasteiger partial charge in [-0.05, 0) is 121 Å². The molecule has 3 heterocycles. The second-order valence-electron chi connectivity index (χ2n) is 23.6. The maximum Gasteiger partial charge on any atom is 0.188 e. The zero-order valence-electron chi connectivity index (χ0n) is 45.0. The summed E-state index contributed by atoms with van der Waals surface area (Å²) in [7, 11) is 0. The average molecular weight is 980 g/mol. The van der Waals surface area contributed by atoms with E-state index >= 15 is 0 Å². The summed E-state index contributed by atoms with van der Waals surface area (Å²) >= 11 is 0. The number of benzene rings is 7. The van der Waals surface area contributed by atoms with Crippen molar-refractivity contribution in [2.24, 2.45) is 0 Å². The first-order chi connectivity index (χ1) is 35.5. The van der Waals surface area contributed by atoms with Crippen LogP contribution in [0.1, 0.15) is 105 Å². The van der Waals surface area contributed by atoms with Gasteiger partial charge in [0.05, 0.1) is 29.9 Å². The molecule has 10 rings (SSSR count). The molecule has 0 aliphatic heterocycles. The largest absolute Gasteiger partial charge is 0.309 e. The molecule has 0 atom stereocenters. The summed E-state index contributed by atoms with van der Waals surface area (Å²) in [5.41, 5.74) is 12.7. The second kappa shape index (κ2) is 18.7. The first-order valence-corrected chi connectivity index (χ1v) is 25.5. The SMILES string of the molecule is [C-]#[N+]c1ccc2c(c1)c1cc([N+]#[C-])ccc1n2-c1ccc(-c2nc(-c3cc(C(C)(C)C)cc(C(C)(C)C)c3)nc(-c3cc(C(C)(C)C)cc(C(C)(C)C)c3)n2)cc1-c1nc(-c2ccccc2)nc(-c2ccccc2)n1. The van der Waals surface area contributed by atoms with Crippen molar-refractivity contribution in [1.29, 1.82) is 0 Å². The Kier molecular flexibility index (Phi) is 12.4. The van der Waals surface area contributed by atoms with E-state index < -0.39 is 0 Å². The van der Waals surface area contributed by atoms with E-state index in [4.69, 9.17) is 43.0 Å². The van der Waals surface area contributed by atoms with Gasteiger partial charge in [-0.3, -0.25) is 0 Å². The molecular formula is C66H61N9. The second-order valence-corrected chi connectivity index (χ2v) is 23.6. The minimum atomic E-state index is -0.147. The Labute approximate surface area is 441 Å². The van der Waals surface area contributed by atoms with Gasteiger partial charge in [-0.1, -0.05) is 168 Å². The van der Waals surface area contributed by atoms with E-state index in [1.165, 1.54) is 22.3 Å². The van der Waals surface area contributed by atoms with Gasteiger partial charge in [-0.25, -0.2) is 39.6 Å². The molecule has 0 spiro atoms. The molecule has 9 heteroatoms. The summed E-state index contributed by atoms with van der Waals surface area (Å²) in [4.78, 5) is 39.6. The Bertz CT molecular complexity index is 3650. The highest BCUT2D eigenvalue weighted by molar-refractivity contribution is 6.12. The van der Waals surface area contributed by atoms with Crippen molar-refractivity contribution >= 4 is 33.2 Å². The Morgan fingerprint density at radius 3 is 1.04 bits per heavy atom. The van der Waals surface area contributed by atoms with Crippen LogP contribution in [0, 0.1) is 13.1 Å². The van der Waals surface area contributed by atoms with Crippen LogP contribution in [-0.2, 0) is 21.7 Å². The summed E-state index contributed by atoms with van der Waals surface area (Å²) in [5.74, 6) is 3.12. The smallest absolute Gasteiger partial charge is 0.188 e. The summed E-state index contributed by atoms with van der Waals surface area (Å²) in [5, 5.41) is 1.71. The Balaban J connectivity index is 1.31. The van der Waals surface area contributed by atoms with Crippen LogP contribution in [-0.4, -0.2) is 34.5 Å². The van der Waals surface area contributed by atoms with Crippen molar-refractivity contribution in [3.8, 4) is 74.0 Å². The molecule has 0 fully saturated rings. The van der Waals surface area contributed by atoms with Crippen molar-refractivity contribution in [3.05, 3.63) is 197 Å². The maximum absolute atomic E-state index is 7.93. The lowest BCUT2D eigenvalue weighted by atomic mass is 9.79. The number of nitrogens with zero attached hydrogens (tertiary/aromatic N) is 9. The predicted molar refractivity (Wildman–Crippen MR) is 307 cm³/mol. The molecule has 3 aromatic heterocycles. The minimum Gasteiger partial charge on any atom is -0.309 e. The van der Waals surface area contributed by atoms with Crippen molar-refractivity contribution in [2.45, 2.75) is 105 Å². The summed E-state index contributed by atoms with van der Waals surface area (Å²) < 4.78 is 2.18. The van der Waals surface area contributed by atoms with E-state index in [1.807, 2.05) is 97.1 Å². The molecule has 0 unspecified atom stereocenters. The van der Waals surface area contributed by atoms with Crippen LogP contribution >= 0.6 is 0 Å². The van der Waals surface area contributed by atoms with E-state index in [2.05, 4.69) is 152 Å². The molecule has 7 aromatic carbocycles. The zero-order chi connectivity index (χ0) is 53.2. The van der Waals surface area contributed by atoms with Crippen LogP contribution in [0.2, 0.25) is 0 Å². The number of hydrogen-bond acceptors (Lipinski definition) is 6. The van der Waals surface area contributed by atoms with Crippen molar-refractivity contribution < 1.29 is 0 Å². The molecule has 370 valence electrons. The van der Waals surface area contributed by atoms with Crippen molar-refractivity contribution in [2.75, 3.05) is 0 Å². The molecule has 0 bridgehead atoms. The lowest BCUT2D eigenvalue weighted by Crippen LogP contribution is -2.17. The molecule has 10 aromatic rings. The monoisotopic (exact) mass is 980 g/mol. The van der Waals surface area contributed by atoms with Crippen molar-refractivity contribution in [3.63, 3.8) is 0 Å². The van der Waals surface area contributed by atoms with Gasteiger partial charge in [0.2, 0.25) is 0 Å². The summed E-state index contributed by atoms with van der Waals surface area (Å²) in [6, 6.07) is 51.2. The molecule has 9 nitrogen and oxygen atoms in total. The average Bonchev–Trinajstić information content (AvgIpc) is 3.74. The Morgan fingerprint density at radius 1 is 0.333 bits per heavy atom. The molecule has 0 saturated heterocycles. The van der Waals surface area contributed by atoms with Gasteiger partial charge >= 0.3 is 0 Å². The van der Waals surface area contributed by atoms with Gasteiger partial charge in [0.25, 0.3) is 0 Å². The molecule has 0 N–H and O–H groups in total. The molecular weight excluding hydrogens is 919 g/mol. The molecule has 0 aliphatic rings. The van der Waals surface area contributed by atoms with Gasteiger partial charge in [0.15, 0.2) is 46.3 Å². The normalized spacial score (nSPS) is 12.2. The molecule has 0 saturated carbocycles. The van der Waals surface area contributed by atoms with Gasteiger partial charge < -0.3 is 4.57 Å². The topological polar surface area (TPSA) is 91.0 Å². The summed E-state index contributed by atoms with van der Waals surface area (Å²) in [6.07, 6.45) is 0. The first-order valence-electron chi connectivity index (χ1n) is 25.5. The van der Waals surface area contributed by atoms with Gasteiger partial charge in [0.1, 0.15) is 0 Å². The standard InChI is InChI=1S/C66H61N9/c1-63(2,3)45-31-43(32-46(36-45)64(4,5)6)60-70-59(71-61(72-60)44-33-47(65(7,8)9)37-48(34-44)66(10,11)12)42-25-28-56(75-54-29-26-49(67-13)38-51(54)52-39-50(68-14)27-30-55(52)75)53(35-42)62-73-57(40-21-17-15-18-22-40)69-58(74-62)41-23-19-16-20-24-41/h15-39H,1-12H3. The zero-order valence-corrected chi connectivity index (χ0v) is 45.0. The third-order valence-electron chi connectivity index (χ3n) is 13.9. The highest BCUT2D eigenvalue weighted by Gasteiger charge is 2.27. The lowest BCUT2D eigenvalue weighted by Gasteiger charge is -2.26. The molecule has 0 amide bonds. The van der Waals surface area contributed by atoms with Gasteiger partial charge in [0, 0.05) is 33.4 Å². The third kappa shape index (κ3) is 9.95. The van der Waals surface area contributed by atoms with Crippen LogP contribution in [0.3, 0.4) is 0 Å². The predicted octanol–water partition coefficient (Wildman–Crippen LogP) is 17.4. The highest BCUT2D eigenvalue weighted by Crippen LogP contribution is 2.42. The van der Waals surface area contributed by atoms with E-state index in [0.717, 1.165) is 55.3 Å². The van der Waals surface area contributed by atoms with Crippen molar-refractivity contribution in [1.82, 2.24) is 34.5 Å². The van der Waals surface area contributed by atoms with Gasteiger partial charge in [-0.2, -0.15) is 0 Å². The summed E-state index contributed by atoms with van der Waals surface area (Å²) in [6.45, 7) is 42.8. The Hall–Kier alpha value is -8.66. The van der Waals surface area contributed by atoms with Crippen LogP contribution in [0.4, 0.5) is 11.4 Å². The minimum absolute atomic E-state index is 0.147. The van der Waals surface area contributed by atoms with E-state index in [0.29, 0.717) is 51.9 Å². The van der Waals surface area contributed by atoms with Crippen LogP contribution in [0.5, 0.6) is 0 Å². The van der Waals surface area contributed by atoms with Crippen LogP contribution in [0.25, 0.3) is 106 Å². The number of aromatic nitrogens is 7. The fraction of sp³-hybridized carbons (Fsp3) is 0.242. The third-order valence-corrected chi connectivity index (χ3v) is 13.9. The number of rotatable bonds is 7. The van der Waals surface area contributed by atoms with E-state index in [9.17, 15) is 0 Å². The maximum atomic E-state index is 7.93. The van der Waals surface area contributed by atoms with E-state index in [-0.39, 0.29) is 21.7 Å². The van der Waals surface area contributed by atoms with E-state index in [1.54, 1.807) is 0 Å². The number of hydrogen-bond donors (Lipinski definition) is 0. The highest BCUT2D eigenvalue weighted by atomic mass is 15.1. The fourth-order valence-electron chi connectivity index (χ4n) is 9.38. The lowest BCUT2D eigenvalue weighted by molar-refractivity contribution is 0.568. The fourth-order valence-corrected chi connectivity index (χ4v) is 9.38. The van der Waals surface area contributed by atoms with Crippen LogP contribution < -0.4 is 0 Å². The molecule has 0 radical (unpaired) electrons. The molecule has 0 aliphatic carbocycles. The quantitative estimate of drug-likeness (QED) is 0.148.